The number of nitriles is 1. The first-order valence-corrected chi connectivity index (χ1v) is 12.8. The van der Waals surface area contributed by atoms with Crippen molar-refractivity contribution in [2.24, 2.45) is 5.92 Å². The first-order valence-electron chi connectivity index (χ1n) is 11.1. The van der Waals surface area contributed by atoms with Crippen LogP contribution in [0.5, 0.6) is 0 Å². The summed E-state index contributed by atoms with van der Waals surface area (Å²) in [5.41, 5.74) is 2.85. The zero-order valence-corrected chi connectivity index (χ0v) is 19.0. The van der Waals surface area contributed by atoms with Gasteiger partial charge in [-0.3, -0.25) is 9.69 Å². The van der Waals surface area contributed by atoms with E-state index in [1.165, 1.54) is 0 Å². The molecule has 6 nitrogen and oxygen atoms in total. The van der Waals surface area contributed by atoms with Gasteiger partial charge in [-0.05, 0) is 68.5 Å². The largest absolute Gasteiger partial charge is 0.481 e. The van der Waals surface area contributed by atoms with Gasteiger partial charge in [0.1, 0.15) is 0 Å². The number of nitrogens with zero attached hydrogens (tertiary/aromatic N) is 2. The third kappa shape index (κ3) is 6.91. The van der Waals surface area contributed by atoms with E-state index in [9.17, 15) is 18.3 Å². The van der Waals surface area contributed by atoms with Crippen molar-refractivity contribution in [2.45, 2.75) is 43.9 Å². The van der Waals surface area contributed by atoms with Crippen molar-refractivity contribution in [3.63, 3.8) is 0 Å². The van der Waals surface area contributed by atoms with Crippen LogP contribution in [0.25, 0.3) is 0 Å². The summed E-state index contributed by atoms with van der Waals surface area (Å²) in [6, 6.07) is 19.4. The first kappa shape index (κ1) is 24.0. The van der Waals surface area contributed by atoms with E-state index in [-0.39, 0.29) is 5.75 Å². The molecule has 1 aliphatic heterocycles. The minimum Gasteiger partial charge on any atom is -0.481 e. The topological polar surface area (TPSA) is 98.5 Å². The van der Waals surface area contributed by atoms with E-state index in [1.807, 2.05) is 42.5 Å². The Morgan fingerprint density at radius 2 is 1.72 bits per heavy atom. The molecular weight excluding hydrogens is 424 g/mol. The fraction of sp³-hybridized carbons (Fsp3) is 0.440. The monoisotopic (exact) mass is 454 g/mol. The maximum absolute atomic E-state index is 13.0. The normalized spacial score (nSPS) is 16.3. The molecule has 3 rings (SSSR count). The maximum Gasteiger partial charge on any atom is 0.307 e. The lowest BCUT2D eigenvalue weighted by Crippen LogP contribution is -2.41. The van der Waals surface area contributed by atoms with Gasteiger partial charge < -0.3 is 5.11 Å². The number of rotatable bonds is 10. The number of aryl methyl sites for hydroxylation is 1. The molecule has 0 aliphatic carbocycles. The average molecular weight is 455 g/mol. The SMILES string of the molecule is N#Cc1ccc(CN2CCC(S(=O)(=O)CC(CCCc3ccccc3)C(=O)O)CC2)cc1. The second kappa shape index (κ2) is 11.3. The summed E-state index contributed by atoms with van der Waals surface area (Å²) in [5, 5.41) is 18.0. The molecule has 0 spiro atoms. The van der Waals surface area contributed by atoms with Gasteiger partial charge in [0.15, 0.2) is 9.84 Å². The summed E-state index contributed by atoms with van der Waals surface area (Å²) in [6.07, 6.45) is 2.81. The molecule has 1 unspecified atom stereocenters. The van der Waals surface area contributed by atoms with Crippen LogP contribution in [0.1, 0.15) is 42.4 Å². The molecule has 0 saturated carbocycles. The molecule has 0 amide bonds. The van der Waals surface area contributed by atoms with Gasteiger partial charge in [-0.15, -0.1) is 0 Å². The molecule has 32 heavy (non-hydrogen) atoms. The van der Waals surface area contributed by atoms with Crippen molar-refractivity contribution < 1.29 is 18.3 Å². The molecule has 2 aromatic rings. The number of carboxylic acids is 1. The lowest BCUT2D eigenvalue weighted by Gasteiger charge is -2.32. The Morgan fingerprint density at radius 1 is 1.06 bits per heavy atom. The molecule has 1 fully saturated rings. The quantitative estimate of drug-likeness (QED) is 0.588. The minimum atomic E-state index is -3.47. The molecular formula is C25H30N2O4S. The Hall–Kier alpha value is -2.69. The zero-order chi connectivity index (χ0) is 23.0. The smallest absolute Gasteiger partial charge is 0.307 e. The maximum atomic E-state index is 13.0. The number of hydrogen-bond acceptors (Lipinski definition) is 5. The van der Waals surface area contributed by atoms with Crippen LogP contribution in [-0.2, 0) is 27.6 Å². The molecule has 170 valence electrons. The van der Waals surface area contributed by atoms with Crippen molar-refractivity contribution in [3.05, 3.63) is 71.3 Å². The van der Waals surface area contributed by atoms with Crippen molar-refractivity contribution in [2.75, 3.05) is 18.8 Å². The molecule has 1 atom stereocenters. The van der Waals surface area contributed by atoms with Gasteiger partial charge in [-0.25, -0.2) is 8.42 Å². The summed E-state index contributed by atoms with van der Waals surface area (Å²) in [7, 11) is -3.47. The van der Waals surface area contributed by atoms with Crippen LogP contribution in [0.15, 0.2) is 54.6 Å². The van der Waals surface area contributed by atoms with Gasteiger partial charge >= 0.3 is 5.97 Å². The van der Waals surface area contributed by atoms with E-state index >= 15 is 0 Å². The van der Waals surface area contributed by atoms with Gasteiger partial charge in [0.25, 0.3) is 0 Å². The Bertz CT molecular complexity index is 1020. The summed E-state index contributed by atoms with van der Waals surface area (Å²) < 4.78 is 25.9. The predicted octanol–water partition coefficient (Wildman–Crippen LogP) is 3.66. The molecule has 7 heteroatoms. The van der Waals surface area contributed by atoms with Crippen LogP contribution >= 0.6 is 0 Å². The summed E-state index contributed by atoms with van der Waals surface area (Å²) >= 11 is 0. The minimum absolute atomic E-state index is 0.280. The molecule has 2 aromatic carbocycles. The van der Waals surface area contributed by atoms with E-state index in [4.69, 9.17) is 5.26 Å². The summed E-state index contributed by atoms with van der Waals surface area (Å²) in [5.74, 6) is -2.17. The van der Waals surface area contributed by atoms with Crippen molar-refractivity contribution in [1.82, 2.24) is 4.90 Å². The standard InChI is InChI=1S/C25H30N2O4S/c26-17-21-9-11-22(12-10-21)18-27-15-13-24(14-16-27)32(30,31)19-23(25(28)29)8-4-7-20-5-2-1-3-6-20/h1-3,5-6,9-12,23-24H,4,7-8,13-16,18-19H2,(H,28,29). The Labute approximate surface area is 190 Å². The van der Waals surface area contributed by atoms with Crippen LogP contribution in [0.4, 0.5) is 0 Å². The highest BCUT2D eigenvalue weighted by atomic mass is 32.2. The number of aliphatic carboxylic acids is 1. The fourth-order valence-corrected chi connectivity index (χ4v) is 6.33. The van der Waals surface area contributed by atoms with Gasteiger partial charge in [-0.2, -0.15) is 5.26 Å². The highest BCUT2D eigenvalue weighted by molar-refractivity contribution is 7.92. The van der Waals surface area contributed by atoms with Crippen LogP contribution < -0.4 is 0 Å². The van der Waals surface area contributed by atoms with Crippen LogP contribution in [-0.4, -0.2) is 48.5 Å². The van der Waals surface area contributed by atoms with Crippen LogP contribution in [0.2, 0.25) is 0 Å². The Balaban J connectivity index is 1.49. The molecule has 0 bridgehead atoms. The van der Waals surface area contributed by atoms with E-state index < -0.39 is 27.0 Å². The number of carbonyl (C=O) groups is 1. The highest BCUT2D eigenvalue weighted by Crippen LogP contribution is 2.23. The van der Waals surface area contributed by atoms with Crippen molar-refractivity contribution >= 4 is 15.8 Å². The van der Waals surface area contributed by atoms with Crippen LogP contribution in [0.3, 0.4) is 0 Å². The lowest BCUT2D eigenvalue weighted by molar-refractivity contribution is -0.141. The molecule has 1 heterocycles. The van der Waals surface area contributed by atoms with Gasteiger partial charge in [-0.1, -0.05) is 42.5 Å². The average Bonchev–Trinajstić information content (AvgIpc) is 2.80. The molecule has 1 aliphatic rings. The molecule has 0 aromatic heterocycles. The van der Waals surface area contributed by atoms with Crippen LogP contribution in [0, 0.1) is 17.2 Å². The third-order valence-corrected chi connectivity index (χ3v) is 8.53. The van der Waals surface area contributed by atoms with Gasteiger partial charge in [0.05, 0.1) is 28.6 Å². The highest BCUT2D eigenvalue weighted by Gasteiger charge is 2.34. The second-order valence-corrected chi connectivity index (χ2v) is 10.9. The Morgan fingerprint density at radius 3 is 2.31 bits per heavy atom. The summed E-state index contributed by atoms with van der Waals surface area (Å²) in [4.78, 5) is 13.9. The number of carboxylic acid groups (broad SMARTS) is 1. The predicted molar refractivity (Wildman–Crippen MR) is 124 cm³/mol. The zero-order valence-electron chi connectivity index (χ0n) is 18.2. The van der Waals surface area contributed by atoms with Crippen molar-refractivity contribution in [1.29, 1.82) is 5.26 Å². The number of hydrogen-bond donors (Lipinski definition) is 1. The molecule has 0 radical (unpaired) electrons. The molecule has 1 N–H and O–H groups in total. The third-order valence-electron chi connectivity index (χ3n) is 6.18. The number of piperidine rings is 1. The van der Waals surface area contributed by atoms with E-state index in [2.05, 4.69) is 11.0 Å². The van der Waals surface area contributed by atoms with Crippen molar-refractivity contribution in [3.8, 4) is 6.07 Å². The van der Waals surface area contributed by atoms with Gasteiger partial charge in [0.2, 0.25) is 0 Å². The van der Waals surface area contributed by atoms with E-state index in [1.54, 1.807) is 12.1 Å². The first-order chi connectivity index (χ1) is 15.4. The molecule has 1 saturated heterocycles. The number of benzene rings is 2. The Kier molecular flexibility index (Phi) is 8.43. The lowest BCUT2D eigenvalue weighted by atomic mass is 10.0. The number of sulfone groups is 1. The van der Waals surface area contributed by atoms with Gasteiger partial charge in [0, 0.05) is 6.54 Å². The number of likely N-dealkylation sites (tertiary alicyclic amines) is 1. The second-order valence-electron chi connectivity index (χ2n) is 8.53. The fourth-order valence-electron chi connectivity index (χ4n) is 4.26. The van der Waals surface area contributed by atoms with E-state index in [0.29, 0.717) is 44.3 Å². The van der Waals surface area contributed by atoms with E-state index in [0.717, 1.165) is 24.1 Å². The summed E-state index contributed by atoms with van der Waals surface area (Å²) in [6.45, 7) is 2.04.